The summed E-state index contributed by atoms with van der Waals surface area (Å²) in [5, 5.41) is 11.2. The number of amides is 1. The van der Waals surface area contributed by atoms with E-state index in [2.05, 4.69) is 0 Å². The summed E-state index contributed by atoms with van der Waals surface area (Å²) in [4.78, 5) is 14.9. The minimum absolute atomic E-state index is 0.0307. The van der Waals surface area contributed by atoms with Crippen molar-refractivity contribution in [3.8, 4) is 0 Å². The van der Waals surface area contributed by atoms with Gasteiger partial charge in [-0.3, -0.25) is 4.79 Å². The predicted molar refractivity (Wildman–Crippen MR) is 67.7 cm³/mol. The van der Waals surface area contributed by atoms with Crippen LogP contribution in [0.3, 0.4) is 0 Å². The highest BCUT2D eigenvalue weighted by atomic mass is 32.1. The van der Waals surface area contributed by atoms with Gasteiger partial charge in [-0.2, -0.15) is 0 Å². The lowest BCUT2D eigenvalue weighted by Crippen LogP contribution is -2.48. The summed E-state index contributed by atoms with van der Waals surface area (Å²) in [5.74, 6) is -0.0637. The maximum atomic E-state index is 12.3. The largest absolute Gasteiger partial charge is 0.394 e. The summed E-state index contributed by atoms with van der Waals surface area (Å²) in [7, 11) is 0. The van der Waals surface area contributed by atoms with Crippen LogP contribution in [0.4, 0.5) is 0 Å². The number of carbonyl (C=O) groups excluding carboxylic acids is 1. The molecule has 2 unspecified atom stereocenters. The van der Waals surface area contributed by atoms with Gasteiger partial charge < -0.3 is 15.7 Å². The number of carbonyl (C=O) groups is 1. The van der Waals surface area contributed by atoms with Gasteiger partial charge in [-0.05, 0) is 30.7 Å². The maximum absolute atomic E-state index is 12.3. The molecule has 3 N–H and O–H groups in total. The van der Waals surface area contributed by atoms with E-state index < -0.39 is 6.04 Å². The molecule has 4 nitrogen and oxygen atoms in total. The number of piperidine rings is 1. The van der Waals surface area contributed by atoms with Crippen LogP contribution in [0.15, 0.2) is 17.5 Å². The van der Waals surface area contributed by atoms with Gasteiger partial charge in [0.05, 0.1) is 12.6 Å². The van der Waals surface area contributed by atoms with Crippen molar-refractivity contribution in [1.29, 1.82) is 0 Å². The molecule has 0 radical (unpaired) electrons. The molecular formula is C12H18N2O2S. The van der Waals surface area contributed by atoms with Gasteiger partial charge in [0.15, 0.2) is 0 Å². The lowest BCUT2D eigenvalue weighted by molar-refractivity contribution is -0.137. The molecule has 1 saturated heterocycles. The average molecular weight is 254 g/mol. The number of aliphatic hydroxyl groups is 1. The standard InChI is InChI=1S/C12H18N2O2S/c13-11(10-5-3-7-17-10)12(16)14-6-2-1-4-9(14)8-15/h3,5,7,9,11,15H,1-2,4,6,8,13H2. The van der Waals surface area contributed by atoms with Crippen molar-refractivity contribution < 1.29 is 9.90 Å². The number of hydrogen-bond acceptors (Lipinski definition) is 4. The van der Waals surface area contributed by atoms with Crippen LogP contribution in [0.25, 0.3) is 0 Å². The maximum Gasteiger partial charge on any atom is 0.245 e. The number of rotatable bonds is 3. The minimum atomic E-state index is -0.581. The SMILES string of the molecule is NC(C(=O)N1CCCCC1CO)c1cccs1. The third kappa shape index (κ3) is 2.68. The molecule has 0 spiro atoms. The van der Waals surface area contributed by atoms with E-state index in [-0.39, 0.29) is 18.6 Å². The van der Waals surface area contributed by atoms with Crippen molar-refractivity contribution in [2.45, 2.75) is 31.3 Å². The van der Waals surface area contributed by atoms with Crippen molar-refractivity contribution in [3.05, 3.63) is 22.4 Å². The molecular weight excluding hydrogens is 236 g/mol. The van der Waals surface area contributed by atoms with Crippen molar-refractivity contribution in [1.82, 2.24) is 4.90 Å². The summed E-state index contributed by atoms with van der Waals surface area (Å²) < 4.78 is 0. The Morgan fingerprint density at radius 1 is 1.65 bits per heavy atom. The second-order valence-corrected chi connectivity index (χ2v) is 5.34. The first-order valence-corrected chi connectivity index (χ1v) is 6.82. The van der Waals surface area contributed by atoms with Crippen LogP contribution in [0.1, 0.15) is 30.2 Å². The fourth-order valence-electron chi connectivity index (χ4n) is 2.25. The molecule has 2 rings (SSSR count). The van der Waals surface area contributed by atoms with Crippen molar-refractivity contribution >= 4 is 17.2 Å². The van der Waals surface area contributed by atoms with E-state index in [1.165, 1.54) is 11.3 Å². The molecule has 94 valence electrons. The highest BCUT2D eigenvalue weighted by Crippen LogP contribution is 2.23. The number of aliphatic hydroxyl groups excluding tert-OH is 1. The summed E-state index contributed by atoms with van der Waals surface area (Å²) in [5.41, 5.74) is 5.97. The molecule has 5 heteroatoms. The molecule has 0 saturated carbocycles. The third-order valence-electron chi connectivity index (χ3n) is 3.24. The number of hydrogen-bond donors (Lipinski definition) is 2. The summed E-state index contributed by atoms with van der Waals surface area (Å²) >= 11 is 1.50. The van der Waals surface area contributed by atoms with Gasteiger partial charge in [0, 0.05) is 11.4 Å². The van der Waals surface area contributed by atoms with Crippen LogP contribution in [-0.2, 0) is 4.79 Å². The van der Waals surface area contributed by atoms with Crippen molar-refractivity contribution in [3.63, 3.8) is 0 Å². The summed E-state index contributed by atoms with van der Waals surface area (Å²) in [6.45, 7) is 0.742. The Hall–Kier alpha value is -0.910. The smallest absolute Gasteiger partial charge is 0.245 e. The second kappa shape index (κ2) is 5.62. The molecule has 1 aliphatic heterocycles. The molecule has 1 aromatic rings. The Bertz CT molecular complexity index is 367. The Labute approximate surface area is 105 Å². The zero-order chi connectivity index (χ0) is 12.3. The topological polar surface area (TPSA) is 66.6 Å². The van der Waals surface area contributed by atoms with Gasteiger partial charge in [0.25, 0.3) is 0 Å². The molecule has 2 heterocycles. The van der Waals surface area contributed by atoms with Crippen LogP contribution < -0.4 is 5.73 Å². The third-order valence-corrected chi connectivity index (χ3v) is 4.19. The minimum Gasteiger partial charge on any atom is -0.394 e. The Morgan fingerprint density at radius 2 is 2.47 bits per heavy atom. The number of thiophene rings is 1. The highest BCUT2D eigenvalue weighted by Gasteiger charge is 2.30. The van der Waals surface area contributed by atoms with Crippen LogP contribution in [-0.4, -0.2) is 35.1 Å². The van der Waals surface area contributed by atoms with E-state index in [1.54, 1.807) is 4.90 Å². The van der Waals surface area contributed by atoms with E-state index in [0.717, 1.165) is 24.1 Å². The molecule has 17 heavy (non-hydrogen) atoms. The van der Waals surface area contributed by atoms with Crippen LogP contribution in [0.5, 0.6) is 0 Å². The summed E-state index contributed by atoms with van der Waals surface area (Å²) in [6, 6.07) is 3.14. The van der Waals surface area contributed by atoms with E-state index in [0.29, 0.717) is 6.54 Å². The second-order valence-electron chi connectivity index (χ2n) is 4.36. The molecule has 1 fully saturated rings. The molecule has 0 aliphatic carbocycles. The molecule has 1 aliphatic rings. The number of nitrogens with zero attached hydrogens (tertiary/aromatic N) is 1. The lowest BCUT2D eigenvalue weighted by atomic mass is 10.0. The van der Waals surface area contributed by atoms with Crippen LogP contribution in [0.2, 0.25) is 0 Å². The number of nitrogens with two attached hydrogens (primary N) is 1. The monoisotopic (exact) mass is 254 g/mol. The van der Waals surface area contributed by atoms with Crippen LogP contribution in [0, 0.1) is 0 Å². The normalized spacial score (nSPS) is 22.5. The van der Waals surface area contributed by atoms with Crippen molar-refractivity contribution in [2.75, 3.05) is 13.2 Å². The molecule has 1 aromatic heterocycles. The lowest BCUT2D eigenvalue weighted by Gasteiger charge is -2.36. The van der Waals surface area contributed by atoms with Gasteiger partial charge in [-0.1, -0.05) is 6.07 Å². The zero-order valence-electron chi connectivity index (χ0n) is 9.71. The fraction of sp³-hybridized carbons (Fsp3) is 0.583. The Morgan fingerprint density at radius 3 is 3.12 bits per heavy atom. The quantitative estimate of drug-likeness (QED) is 0.849. The van der Waals surface area contributed by atoms with E-state index in [1.807, 2.05) is 17.5 Å². The average Bonchev–Trinajstić information content (AvgIpc) is 2.90. The van der Waals surface area contributed by atoms with E-state index >= 15 is 0 Å². The highest BCUT2D eigenvalue weighted by molar-refractivity contribution is 7.10. The molecule has 2 atom stereocenters. The van der Waals surface area contributed by atoms with Gasteiger partial charge in [0.1, 0.15) is 6.04 Å². The molecule has 0 bridgehead atoms. The summed E-state index contributed by atoms with van der Waals surface area (Å²) in [6.07, 6.45) is 2.95. The number of likely N-dealkylation sites (tertiary alicyclic amines) is 1. The molecule has 1 amide bonds. The Balaban J connectivity index is 2.07. The van der Waals surface area contributed by atoms with Crippen molar-refractivity contribution in [2.24, 2.45) is 5.73 Å². The first-order valence-electron chi connectivity index (χ1n) is 5.94. The van der Waals surface area contributed by atoms with Crippen LogP contribution >= 0.6 is 11.3 Å². The first kappa shape index (κ1) is 12.5. The predicted octanol–water partition coefficient (Wildman–Crippen LogP) is 1.12. The van der Waals surface area contributed by atoms with Gasteiger partial charge >= 0.3 is 0 Å². The van der Waals surface area contributed by atoms with E-state index in [4.69, 9.17) is 5.73 Å². The zero-order valence-corrected chi connectivity index (χ0v) is 10.5. The van der Waals surface area contributed by atoms with Gasteiger partial charge in [-0.15, -0.1) is 11.3 Å². The first-order chi connectivity index (χ1) is 8.24. The molecule has 0 aromatic carbocycles. The fourth-order valence-corrected chi connectivity index (χ4v) is 2.97. The van der Waals surface area contributed by atoms with Gasteiger partial charge in [0.2, 0.25) is 5.91 Å². The van der Waals surface area contributed by atoms with Gasteiger partial charge in [-0.25, -0.2) is 0 Å². The Kier molecular flexibility index (Phi) is 4.15. The van der Waals surface area contributed by atoms with E-state index in [9.17, 15) is 9.90 Å².